The minimum absolute atomic E-state index is 0.170. The van der Waals surface area contributed by atoms with Crippen LogP contribution >= 0.6 is 0 Å². The van der Waals surface area contributed by atoms with Crippen molar-refractivity contribution in [2.75, 3.05) is 20.2 Å². The predicted molar refractivity (Wildman–Crippen MR) is 66.2 cm³/mol. The third kappa shape index (κ3) is 4.44. The molecule has 94 valence electrons. The number of hydrogen-bond acceptors (Lipinski definition) is 3. The first-order chi connectivity index (χ1) is 8.17. The van der Waals surface area contributed by atoms with Crippen molar-refractivity contribution in [1.29, 1.82) is 0 Å². The smallest absolute Gasteiger partial charge is 0.304 e. The number of carboxylic acid groups (broad SMARTS) is 1. The summed E-state index contributed by atoms with van der Waals surface area (Å²) in [5, 5.41) is 8.67. The molecule has 0 atom stereocenters. The van der Waals surface area contributed by atoms with Gasteiger partial charge in [0.1, 0.15) is 5.75 Å². The SMILES string of the molecule is CCN(CCC(=O)O)Cc1ccccc1OC. The van der Waals surface area contributed by atoms with Crippen LogP contribution < -0.4 is 4.74 Å². The summed E-state index contributed by atoms with van der Waals surface area (Å²) in [5.41, 5.74) is 1.09. The fourth-order valence-corrected chi connectivity index (χ4v) is 1.68. The van der Waals surface area contributed by atoms with Crippen molar-refractivity contribution in [1.82, 2.24) is 4.90 Å². The average Bonchev–Trinajstić information content (AvgIpc) is 2.34. The Kier molecular flexibility index (Phi) is 5.49. The van der Waals surface area contributed by atoms with Gasteiger partial charge in [0.05, 0.1) is 13.5 Å². The van der Waals surface area contributed by atoms with Crippen LogP contribution in [-0.4, -0.2) is 36.2 Å². The van der Waals surface area contributed by atoms with Crippen molar-refractivity contribution in [3.8, 4) is 5.75 Å². The number of carboxylic acids is 1. The monoisotopic (exact) mass is 237 g/mol. The van der Waals surface area contributed by atoms with Crippen LogP contribution in [0.4, 0.5) is 0 Å². The van der Waals surface area contributed by atoms with Crippen LogP contribution in [0, 0.1) is 0 Å². The van der Waals surface area contributed by atoms with Gasteiger partial charge in [-0.05, 0) is 12.6 Å². The van der Waals surface area contributed by atoms with E-state index in [2.05, 4.69) is 4.90 Å². The highest BCUT2D eigenvalue weighted by molar-refractivity contribution is 5.66. The van der Waals surface area contributed by atoms with Gasteiger partial charge in [0.15, 0.2) is 0 Å². The molecule has 0 fully saturated rings. The Morgan fingerprint density at radius 3 is 2.71 bits per heavy atom. The number of aliphatic carboxylic acids is 1. The Bertz CT molecular complexity index is 365. The number of ether oxygens (including phenoxy) is 1. The van der Waals surface area contributed by atoms with Crippen molar-refractivity contribution in [2.24, 2.45) is 0 Å². The molecule has 0 aliphatic heterocycles. The first-order valence-electron chi connectivity index (χ1n) is 5.73. The maximum atomic E-state index is 10.5. The van der Waals surface area contributed by atoms with Crippen LogP contribution in [-0.2, 0) is 11.3 Å². The molecule has 0 aromatic heterocycles. The minimum Gasteiger partial charge on any atom is -0.496 e. The lowest BCUT2D eigenvalue weighted by Gasteiger charge is -2.20. The molecule has 17 heavy (non-hydrogen) atoms. The summed E-state index contributed by atoms with van der Waals surface area (Å²) in [5.74, 6) is 0.0877. The highest BCUT2D eigenvalue weighted by Crippen LogP contribution is 2.19. The molecule has 0 spiro atoms. The van der Waals surface area contributed by atoms with Gasteiger partial charge in [-0.1, -0.05) is 25.1 Å². The van der Waals surface area contributed by atoms with Gasteiger partial charge in [-0.2, -0.15) is 0 Å². The van der Waals surface area contributed by atoms with Gasteiger partial charge in [0.2, 0.25) is 0 Å². The maximum absolute atomic E-state index is 10.5. The van der Waals surface area contributed by atoms with Gasteiger partial charge < -0.3 is 9.84 Å². The quantitative estimate of drug-likeness (QED) is 0.788. The number of nitrogens with zero attached hydrogens (tertiary/aromatic N) is 1. The molecule has 0 saturated heterocycles. The summed E-state index contributed by atoms with van der Waals surface area (Å²) in [4.78, 5) is 12.6. The molecule has 1 N–H and O–H groups in total. The highest BCUT2D eigenvalue weighted by atomic mass is 16.5. The third-order valence-electron chi connectivity index (χ3n) is 2.68. The second-order valence-electron chi connectivity index (χ2n) is 3.82. The second kappa shape index (κ2) is 6.91. The normalized spacial score (nSPS) is 10.5. The Balaban J connectivity index is 2.63. The van der Waals surface area contributed by atoms with Crippen LogP contribution in [0.15, 0.2) is 24.3 Å². The van der Waals surface area contributed by atoms with Crippen molar-refractivity contribution < 1.29 is 14.6 Å². The maximum Gasteiger partial charge on any atom is 0.304 e. The van der Waals surface area contributed by atoms with Gasteiger partial charge in [-0.25, -0.2) is 0 Å². The fraction of sp³-hybridized carbons (Fsp3) is 0.462. The predicted octanol–water partition coefficient (Wildman–Crippen LogP) is 1.99. The zero-order valence-corrected chi connectivity index (χ0v) is 10.3. The number of para-hydroxylation sites is 1. The zero-order chi connectivity index (χ0) is 12.7. The summed E-state index contributed by atoms with van der Waals surface area (Å²) in [7, 11) is 1.65. The Morgan fingerprint density at radius 1 is 1.41 bits per heavy atom. The van der Waals surface area contributed by atoms with Gasteiger partial charge >= 0.3 is 5.97 Å². The van der Waals surface area contributed by atoms with E-state index in [4.69, 9.17) is 9.84 Å². The van der Waals surface area contributed by atoms with E-state index in [1.54, 1.807) is 7.11 Å². The standard InChI is InChI=1S/C13H19NO3/c1-3-14(9-8-13(15)16)10-11-6-4-5-7-12(11)17-2/h4-7H,3,8-10H2,1-2H3,(H,15,16). The summed E-state index contributed by atoms with van der Waals surface area (Å²) in [6, 6.07) is 7.81. The van der Waals surface area contributed by atoms with Crippen molar-refractivity contribution in [3.63, 3.8) is 0 Å². The molecular formula is C13H19NO3. The van der Waals surface area contributed by atoms with Crippen LogP contribution in [0.2, 0.25) is 0 Å². The lowest BCUT2D eigenvalue weighted by molar-refractivity contribution is -0.137. The zero-order valence-electron chi connectivity index (χ0n) is 10.3. The molecule has 0 saturated carbocycles. The fourth-order valence-electron chi connectivity index (χ4n) is 1.68. The average molecular weight is 237 g/mol. The van der Waals surface area contributed by atoms with Gasteiger partial charge in [0, 0.05) is 18.7 Å². The Morgan fingerprint density at radius 2 is 2.12 bits per heavy atom. The first kappa shape index (κ1) is 13.5. The molecule has 0 aliphatic rings. The topological polar surface area (TPSA) is 49.8 Å². The lowest BCUT2D eigenvalue weighted by Crippen LogP contribution is -2.25. The van der Waals surface area contributed by atoms with E-state index in [0.717, 1.165) is 17.9 Å². The van der Waals surface area contributed by atoms with E-state index in [1.165, 1.54) is 0 Å². The largest absolute Gasteiger partial charge is 0.496 e. The molecule has 0 aliphatic carbocycles. The van der Waals surface area contributed by atoms with Gasteiger partial charge in [0.25, 0.3) is 0 Å². The second-order valence-corrected chi connectivity index (χ2v) is 3.82. The summed E-state index contributed by atoms with van der Waals surface area (Å²) in [6.45, 7) is 4.13. The summed E-state index contributed by atoms with van der Waals surface area (Å²) < 4.78 is 5.27. The molecule has 1 aromatic carbocycles. The van der Waals surface area contributed by atoms with Gasteiger partial charge in [-0.15, -0.1) is 0 Å². The first-order valence-corrected chi connectivity index (χ1v) is 5.73. The third-order valence-corrected chi connectivity index (χ3v) is 2.68. The number of carbonyl (C=O) groups is 1. The lowest BCUT2D eigenvalue weighted by atomic mass is 10.2. The Hall–Kier alpha value is -1.55. The van der Waals surface area contributed by atoms with E-state index in [0.29, 0.717) is 13.1 Å². The molecule has 0 bridgehead atoms. The molecule has 0 amide bonds. The molecule has 0 heterocycles. The van der Waals surface area contributed by atoms with Crippen LogP contribution in [0.3, 0.4) is 0 Å². The highest BCUT2D eigenvalue weighted by Gasteiger charge is 2.09. The number of methoxy groups -OCH3 is 1. The molecule has 4 nitrogen and oxygen atoms in total. The minimum atomic E-state index is -0.761. The number of benzene rings is 1. The Labute approximate surface area is 102 Å². The van der Waals surface area contributed by atoms with Crippen LogP contribution in [0.5, 0.6) is 5.75 Å². The van der Waals surface area contributed by atoms with E-state index >= 15 is 0 Å². The summed E-state index contributed by atoms with van der Waals surface area (Å²) in [6.07, 6.45) is 0.170. The number of hydrogen-bond donors (Lipinski definition) is 1. The molecule has 1 rings (SSSR count). The van der Waals surface area contributed by atoms with E-state index in [9.17, 15) is 4.79 Å². The molecule has 4 heteroatoms. The van der Waals surface area contributed by atoms with Crippen molar-refractivity contribution in [2.45, 2.75) is 19.9 Å². The van der Waals surface area contributed by atoms with E-state index in [-0.39, 0.29) is 6.42 Å². The van der Waals surface area contributed by atoms with Crippen molar-refractivity contribution >= 4 is 5.97 Å². The molecular weight excluding hydrogens is 218 g/mol. The van der Waals surface area contributed by atoms with E-state index in [1.807, 2.05) is 31.2 Å². The molecule has 0 unspecified atom stereocenters. The van der Waals surface area contributed by atoms with Crippen molar-refractivity contribution in [3.05, 3.63) is 29.8 Å². The van der Waals surface area contributed by atoms with E-state index < -0.39 is 5.97 Å². The molecule has 0 radical (unpaired) electrons. The molecule has 1 aromatic rings. The summed E-state index contributed by atoms with van der Waals surface area (Å²) >= 11 is 0. The van der Waals surface area contributed by atoms with Crippen LogP contribution in [0.1, 0.15) is 18.9 Å². The number of rotatable bonds is 7. The van der Waals surface area contributed by atoms with Crippen LogP contribution in [0.25, 0.3) is 0 Å². The van der Waals surface area contributed by atoms with Gasteiger partial charge in [-0.3, -0.25) is 9.69 Å².